The highest BCUT2D eigenvalue weighted by Crippen LogP contribution is 2.34. The monoisotopic (exact) mass is 347 g/mol. The van der Waals surface area contributed by atoms with E-state index in [1.807, 2.05) is 0 Å². The van der Waals surface area contributed by atoms with E-state index < -0.39 is 10.0 Å². The van der Waals surface area contributed by atoms with Crippen LogP contribution in [-0.2, 0) is 14.8 Å². The van der Waals surface area contributed by atoms with Crippen LogP contribution in [0.25, 0.3) is 0 Å². The molecular weight excluding hydrogens is 330 g/mol. The van der Waals surface area contributed by atoms with Gasteiger partial charge >= 0.3 is 0 Å². The Bertz CT molecular complexity index is 853. The summed E-state index contributed by atoms with van der Waals surface area (Å²) in [7, 11) is -2.24. The third kappa shape index (κ3) is 3.18. The molecule has 1 N–H and O–H groups in total. The van der Waals surface area contributed by atoms with Gasteiger partial charge in [0.15, 0.2) is 0 Å². The van der Waals surface area contributed by atoms with Gasteiger partial charge in [-0.2, -0.15) is 0 Å². The van der Waals surface area contributed by atoms with Crippen molar-refractivity contribution in [1.29, 1.82) is 0 Å². The number of carbonyl (C=O) groups excluding carboxylic acids is 1. The van der Waals surface area contributed by atoms with Gasteiger partial charge in [0, 0.05) is 31.4 Å². The second kappa shape index (κ2) is 6.48. The third-order valence-corrected chi connectivity index (χ3v) is 5.11. The first-order chi connectivity index (χ1) is 11.5. The van der Waals surface area contributed by atoms with Gasteiger partial charge < -0.3 is 9.64 Å². The van der Waals surface area contributed by atoms with E-state index in [2.05, 4.69) is 9.71 Å². The molecule has 1 saturated heterocycles. The van der Waals surface area contributed by atoms with Crippen molar-refractivity contribution < 1.29 is 17.9 Å². The predicted octanol–water partition coefficient (Wildman–Crippen LogP) is 2.02. The highest BCUT2D eigenvalue weighted by Gasteiger charge is 2.25. The molecule has 0 bridgehead atoms. The first-order valence-corrected chi connectivity index (χ1v) is 8.91. The summed E-state index contributed by atoms with van der Waals surface area (Å²) in [6.45, 7) is 0.635. The van der Waals surface area contributed by atoms with E-state index in [-0.39, 0.29) is 10.8 Å². The van der Waals surface area contributed by atoms with Crippen molar-refractivity contribution in [2.24, 2.45) is 0 Å². The number of rotatable bonds is 5. The molecule has 1 aromatic carbocycles. The lowest BCUT2D eigenvalue weighted by Gasteiger charge is -2.20. The van der Waals surface area contributed by atoms with E-state index >= 15 is 0 Å². The molecule has 2 aromatic rings. The molecule has 2 heterocycles. The van der Waals surface area contributed by atoms with E-state index in [0.717, 1.165) is 6.42 Å². The Morgan fingerprint density at radius 2 is 2.12 bits per heavy atom. The molecule has 24 heavy (non-hydrogen) atoms. The molecule has 126 valence electrons. The quantitative estimate of drug-likeness (QED) is 0.894. The second-order valence-corrected chi connectivity index (χ2v) is 7.01. The van der Waals surface area contributed by atoms with Crippen molar-refractivity contribution in [1.82, 2.24) is 4.98 Å². The fraction of sp³-hybridized carbons (Fsp3) is 0.250. The third-order valence-electron chi connectivity index (χ3n) is 3.74. The Kier molecular flexibility index (Phi) is 4.39. The second-order valence-electron chi connectivity index (χ2n) is 5.33. The standard InChI is InChI=1S/C16H17N3O4S/c1-23-15-10-12(6-7-14(15)19-9-3-5-16(19)20)18-24(21,22)13-4-2-8-17-11-13/h2,4,6-8,10-11,18H,3,5,9H2,1H3. The normalized spacial score (nSPS) is 14.7. The van der Waals surface area contributed by atoms with Crippen LogP contribution in [-0.4, -0.2) is 33.0 Å². The van der Waals surface area contributed by atoms with Crippen LogP contribution in [0.3, 0.4) is 0 Å². The molecule has 7 nitrogen and oxygen atoms in total. The van der Waals surface area contributed by atoms with E-state index in [1.165, 1.54) is 25.6 Å². The molecule has 0 atom stereocenters. The van der Waals surface area contributed by atoms with Crippen molar-refractivity contribution in [3.8, 4) is 5.75 Å². The molecule has 1 amide bonds. The van der Waals surface area contributed by atoms with Gasteiger partial charge in [0.2, 0.25) is 5.91 Å². The number of hydrogen-bond donors (Lipinski definition) is 1. The molecule has 0 saturated carbocycles. The lowest BCUT2D eigenvalue weighted by atomic mass is 10.2. The van der Waals surface area contributed by atoms with Crippen LogP contribution in [0, 0.1) is 0 Å². The maximum Gasteiger partial charge on any atom is 0.263 e. The van der Waals surface area contributed by atoms with Gasteiger partial charge in [-0.3, -0.25) is 14.5 Å². The van der Waals surface area contributed by atoms with Gasteiger partial charge in [-0.1, -0.05) is 0 Å². The lowest BCUT2D eigenvalue weighted by molar-refractivity contribution is -0.117. The number of anilines is 2. The molecule has 1 fully saturated rings. The first-order valence-electron chi connectivity index (χ1n) is 7.42. The van der Waals surface area contributed by atoms with Crippen LogP contribution in [0.2, 0.25) is 0 Å². The Hall–Kier alpha value is -2.61. The molecule has 0 unspecified atom stereocenters. The number of carbonyl (C=O) groups is 1. The van der Waals surface area contributed by atoms with Crippen molar-refractivity contribution in [3.63, 3.8) is 0 Å². The van der Waals surface area contributed by atoms with Crippen molar-refractivity contribution in [3.05, 3.63) is 42.7 Å². The summed E-state index contributed by atoms with van der Waals surface area (Å²) >= 11 is 0. The minimum absolute atomic E-state index is 0.0389. The fourth-order valence-electron chi connectivity index (χ4n) is 2.59. The van der Waals surface area contributed by atoms with Crippen molar-refractivity contribution in [2.45, 2.75) is 17.7 Å². The molecule has 3 rings (SSSR count). The van der Waals surface area contributed by atoms with E-state index in [0.29, 0.717) is 30.1 Å². The van der Waals surface area contributed by atoms with Crippen LogP contribution in [0.15, 0.2) is 47.6 Å². The van der Waals surface area contributed by atoms with Crippen LogP contribution in [0.4, 0.5) is 11.4 Å². The minimum Gasteiger partial charge on any atom is -0.494 e. The number of hydrogen-bond acceptors (Lipinski definition) is 5. The summed E-state index contributed by atoms with van der Waals surface area (Å²) in [5, 5.41) is 0. The number of aromatic nitrogens is 1. The van der Waals surface area contributed by atoms with E-state index in [1.54, 1.807) is 29.2 Å². The van der Waals surface area contributed by atoms with Crippen LogP contribution in [0.1, 0.15) is 12.8 Å². The Labute approximate surface area is 140 Å². The topological polar surface area (TPSA) is 88.6 Å². The summed E-state index contributed by atoms with van der Waals surface area (Å²) < 4.78 is 32.5. The molecule has 0 spiro atoms. The number of nitrogens with one attached hydrogen (secondary N) is 1. The van der Waals surface area contributed by atoms with Crippen molar-refractivity contribution >= 4 is 27.3 Å². The SMILES string of the molecule is COc1cc(NS(=O)(=O)c2cccnc2)ccc1N1CCCC1=O. The van der Waals surface area contributed by atoms with Gasteiger partial charge in [-0.15, -0.1) is 0 Å². The van der Waals surface area contributed by atoms with Crippen LogP contribution < -0.4 is 14.4 Å². The summed E-state index contributed by atoms with van der Waals surface area (Å²) in [6, 6.07) is 7.87. The summed E-state index contributed by atoms with van der Waals surface area (Å²) in [5.41, 5.74) is 0.996. The number of benzene rings is 1. The average molecular weight is 347 g/mol. The lowest BCUT2D eigenvalue weighted by Crippen LogP contribution is -2.24. The van der Waals surface area contributed by atoms with E-state index in [4.69, 9.17) is 4.74 Å². The van der Waals surface area contributed by atoms with Gasteiger partial charge in [-0.25, -0.2) is 8.42 Å². The molecule has 1 aliphatic rings. The summed E-state index contributed by atoms with van der Waals surface area (Å²) in [6.07, 6.45) is 4.09. The summed E-state index contributed by atoms with van der Waals surface area (Å²) in [4.78, 5) is 17.4. The fourth-order valence-corrected chi connectivity index (χ4v) is 3.60. The molecule has 0 radical (unpaired) electrons. The Balaban J connectivity index is 1.89. The van der Waals surface area contributed by atoms with Crippen LogP contribution in [0.5, 0.6) is 5.75 Å². The largest absolute Gasteiger partial charge is 0.494 e. The zero-order valence-electron chi connectivity index (χ0n) is 13.1. The Morgan fingerprint density at radius 1 is 1.29 bits per heavy atom. The van der Waals surface area contributed by atoms with Crippen molar-refractivity contribution in [2.75, 3.05) is 23.3 Å². The minimum atomic E-state index is -3.73. The average Bonchev–Trinajstić information content (AvgIpc) is 3.01. The smallest absolute Gasteiger partial charge is 0.263 e. The number of pyridine rings is 1. The van der Waals surface area contributed by atoms with Gasteiger partial charge in [0.1, 0.15) is 10.6 Å². The molecular formula is C16H17N3O4S. The zero-order valence-corrected chi connectivity index (χ0v) is 13.9. The van der Waals surface area contributed by atoms with E-state index in [9.17, 15) is 13.2 Å². The highest BCUT2D eigenvalue weighted by molar-refractivity contribution is 7.92. The number of nitrogens with zero attached hydrogens (tertiary/aromatic N) is 2. The molecule has 0 aliphatic carbocycles. The molecule has 8 heteroatoms. The van der Waals surface area contributed by atoms with Gasteiger partial charge in [-0.05, 0) is 30.7 Å². The summed E-state index contributed by atoms with van der Waals surface area (Å²) in [5.74, 6) is 0.480. The number of amides is 1. The van der Waals surface area contributed by atoms with Gasteiger partial charge in [0.25, 0.3) is 10.0 Å². The molecule has 1 aromatic heterocycles. The highest BCUT2D eigenvalue weighted by atomic mass is 32.2. The number of sulfonamides is 1. The van der Waals surface area contributed by atoms with Crippen LogP contribution >= 0.6 is 0 Å². The molecule has 1 aliphatic heterocycles. The maximum atomic E-state index is 12.3. The number of methoxy groups -OCH3 is 1. The van der Waals surface area contributed by atoms with Gasteiger partial charge in [0.05, 0.1) is 18.5 Å². The zero-order chi connectivity index (χ0) is 17.2. The maximum absolute atomic E-state index is 12.3. The first kappa shape index (κ1) is 16.3. The Morgan fingerprint density at radius 3 is 2.75 bits per heavy atom. The predicted molar refractivity (Wildman–Crippen MR) is 89.6 cm³/mol. The number of ether oxygens (including phenoxy) is 1.